The topological polar surface area (TPSA) is 6.48 Å². The standard InChI is InChI=1S/C52H51BN2S/c1-50(2,3)36-18-23-39(24-19-36)54-43-25-20-38(52(7,8)9)31-42(43)53-47-44(54)28-35(32-13-11-10-12-14-32)29-45(47)55(40-22-17-33-15-16-34(33)27-40)48-41-30-37(51(4,5)6)21-26-46(41)56-49(48)53/h10-14,17-31H,15-16H2,1-9H3. The maximum atomic E-state index is 2.65. The van der Waals surface area contributed by atoms with Crippen molar-refractivity contribution >= 4 is 78.0 Å². The van der Waals surface area contributed by atoms with Crippen LogP contribution in [0.3, 0.4) is 0 Å². The van der Waals surface area contributed by atoms with Crippen LogP contribution in [0.1, 0.15) is 90.1 Å². The molecule has 0 saturated carbocycles. The summed E-state index contributed by atoms with van der Waals surface area (Å²) in [7, 11) is 0. The zero-order valence-electron chi connectivity index (χ0n) is 34.3. The number of nitrogens with zero attached hydrogens (tertiary/aromatic N) is 2. The lowest BCUT2D eigenvalue weighted by Crippen LogP contribution is -2.60. The zero-order chi connectivity index (χ0) is 38.9. The van der Waals surface area contributed by atoms with Crippen molar-refractivity contribution < 1.29 is 0 Å². The lowest BCUT2D eigenvalue weighted by Gasteiger charge is -2.44. The number of rotatable bonds is 3. The molecule has 1 aliphatic carbocycles. The van der Waals surface area contributed by atoms with Crippen LogP contribution in [-0.4, -0.2) is 6.71 Å². The van der Waals surface area contributed by atoms with E-state index in [1.165, 1.54) is 105 Å². The van der Waals surface area contributed by atoms with Crippen LogP contribution in [0.2, 0.25) is 0 Å². The van der Waals surface area contributed by atoms with Gasteiger partial charge in [-0.05, 0) is 134 Å². The minimum absolute atomic E-state index is 0.00566. The molecule has 2 nitrogen and oxygen atoms in total. The highest BCUT2D eigenvalue weighted by atomic mass is 32.1. The molecular formula is C52H51BN2S. The summed E-state index contributed by atoms with van der Waals surface area (Å²) >= 11 is 2.00. The van der Waals surface area contributed by atoms with Gasteiger partial charge in [0.25, 0.3) is 6.71 Å². The van der Waals surface area contributed by atoms with Gasteiger partial charge in [0.2, 0.25) is 0 Å². The van der Waals surface area contributed by atoms with Crippen LogP contribution in [0.5, 0.6) is 0 Å². The quantitative estimate of drug-likeness (QED) is 0.166. The number of benzene rings is 6. The number of anilines is 6. The molecule has 2 aliphatic heterocycles. The first-order chi connectivity index (χ1) is 26.6. The van der Waals surface area contributed by atoms with Crippen LogP contribution >= 0.6 is 11.3 Å². The minimum atomic E-state index is 0.00566. The molecule has 3 aliphatic rings. The molecule has 0 unspecified atom stereocenters. The molecule has 0 fully saturated rings. The fourth-order valence-corrected chi connectivity index (χ4v) is 10.5. The molecule has 4 heteroatoms. The van der Waals surface area contributed by atoms with E-state index in [0.29, 0.717) is 0 Å². The van der Waals surface area contributed by atoms with Crippen molar-refractivity contribution in [3.8, 4) is 11.1 Å². The van der Waals surface area contributed by atoms with Gasteiger partial charge in [0.05, 0.1) is 5.69 Å². The summed E-state index contributed by atoms with van der Waals surface area (Å²) in [4.78, 5) is 5.22. The number of hydrogen-bond donors (Lipinski definition) is 0. The van der Waals surface area contributed by atoms with Crippen molar-refractivity contribution in [1.29, 1.82) is 0 Å². The van der Waals surface area contributed by atoms with E-state index in [2.05, 4.69) is 193 Å². The summed E-state index contributed by atoms with van der Waals surface area (Å²) in [6.07, 6.45) is 2.32. The molecule has 10 rings (SSSR count). The minimum Gasteiger partial charge on any atom is -0.311 e. The van der Waals surface area contributed by atoms with Gasteiger partial charge in [0.1, 0.15) is 0 Å². The normalized spacial score (nSPS) is 14.6. The highest BCUT2D eigenvalue weighted by Crippen LogP contribution is 2.50. The average Bonchev–Trinajstić information content (AvgIpc) is 3.53. The van der Waals surface area contributed by atoms with Gasteiger partial charge in [-0.1, -0.05) is 129 Å². The van der Waals surface area contributed by atoms with E-state index in [4.69, 9.17) is 0 Å². The van der Waals surface area contributed by atoms with Crippen LogP contribution in [-0.2, 0) is 29.1 Å². The maximum Gasteiger partial charge on any atom is 0.264 e. The van der Waals surface area contributed by atoms with Gasteiger partial charge in [-0.2, -0.15) is 0 Å². The molecule has 0 saturated heterocycles. The van der Waals surface area contributed by atoms with Crippen molar-refractivity contribution in [2.75, 3.05) is 9.80 Å². The Labute approximate surface area is 337 Å². The largest absolute Gasteiger partial charge is 0.311 e. The second-order valence-corrected chi connectivity index (χ2v) is 20.5. The monoisotopic (exact) mass is 746 g/mol. The second-order valence-electron chi connectivity index (χ2n) is 19.4. The third kappa shape index (κ3) is 5.51. The third-order valence-corrected chi connectivity index (χ3v) is 13.8. The van der Waals surface area contributed by atoms with E-state index in [1.807, 2.05) is 11.3 Å². The van der Waals surface area contributed by atoms with Crippen LogP contribution < -0.4 is 25.5 Å². The van der Waals surface area contributed by atoms with E-state index in [1.54, 1.807) is 0 Å². The zero-order valence-corrected chi connectivity index (χ0v) is 35.2. The van der Waals surface area contributed by atoms with Gasteiger partial charge in [-0.15, -0.1) is 11.3 Å². The smallest absolute Gasteiger partial charge is 0.264 e. The summed E-state index contributed by atoms with van der Waals surface area (Å²) < 4.78 is 2.79. The van der Waals surface area contributed by atoms with Gasteiger partial charge in [-0.3, -0.25) is 0 Å². The summed E-state index contributed by atoms with van der Waals surface area (Å²) in [6.45, 7) is 21.0. The Balaban J connectivity index is 1.34. The molecule has 0 N–H and O–H groups in total. The molecule has 278 valence electrons. The van der Waals surface area contributed by atoms with Crippen LogP contribution in [0.4, 0.5) is 34.1 Å². The summed E-state index contributed by atoms with van der Waals surface area (Å²) in [5, 5.41) is 1.35. The number of aryl methyl sites for hydroxylation is 2. The van der Waals surface area contributed by atoms with Crippen molar-refractivity contribution in [1.82, 2.24) is 0 Å². The van der Waals surface area contributed by atoms with Crippen molar-refractivity contribution in [2.24, 2.45) is 0 Å². The van der Waals surface area contributed by atoms with Gasteiger partial charge < -0.3 is 9.80 Å². The van der Waals surface area contributed by atoms with E-state index >= 15 is 0 Å². The first-order valence-electron chi connectivity index (χ1n) is 20.4. The Bertz CT molecular complexity index is 2700. The Morgan fingerprint density at radius 1 is 0.500 bits per heavy atom. The van der Waals surface area contributed by atoms with E-state index in [9.17, 15) is 0 Å². The predicted molar refractivity (Wildman–Crippen MR) is 245 cm³/mol. The van der Waals surface area contributed by atoms with Crippen LogP contribution in [0.15, 0.2) is 121 Å². The molecule has 0 spiro atoms. The number of thiophene rings is 1. The van der Waals surface area contributed by atoms with Gasteiger partial charge >= 0.3 is 0 Å². The maximum absolute atomic E-state index is 2.65. The van der Waals surface area contributed by atoms with Crippen molar-refractivity contribution in [3.63, 3.8) is 0 Å². The number of fused-ring (bicyclic) bond motifs is 7. The highest BCUT2D eigenvalue weighted by Gasteiger charge is 2.46. The summed E-state index contributed by atoms with van der Waals surface area (Å²) in [5.41, 5.74) is 20.0. The fraction of sp³-hybridized carbons (Fsp3) is 0.269. The van der Waals surface area contributed by atoms with Gasteiger partial charge in [-0.25, -0.2) is 0 Å². The van der Waals surface area contributed by atoms with Gasteiger partial charge in [0.15, 0.2) is 0 Å². The molecule has 3 heterocycles. The Morgan fingerprint density at radius 2 is 1.11 bits per heavy atom. The second kappa shape index (κ2) is 12.2. The molecule has 7 aromatic rings. The molecule has 0 amide bonds. The Morgan fingerprint density at radius 3 is 1.75 bits per heavy atom. The molecule has 0 radical (unpaired) electrons. The number of hydrogen-bond acceptors (Lipinski definition) is 3. The lowest BCUT2D eigenvalue weighted by atomic mass is 9.36. The molecule has 1 aromatic heterocycles. The van der Waals surface area contributed by atoms with Gasteiger partial charge in [0, 0.05) is 43.3 Å². The molecular weight excluding hydrogens is 695 g/mol. The summed E-state index contributed by atoms with van der Waals surface area (Å²) in [6, 6.07) is 47.2. The Hall–Kier alpha value is -5.06. The molecule has 6 aromatic carbocycles. The van der Waals surface area contributed by atoms with Crippen LogP contribution in [0.25, 0.3) is 21.2 Å². The first kappa shape index (κ1) is 35.4. The Kier molecular flexibility index (Phi) is 7.72. The first-order valence-corrected chi connectivity index (χ1v) is 21.2. The predicted octanol–water partition coefficient (Wildman–Crippen LogP) is 12.6. The SMILES string of the molecule is CC(C)(C)c1ccc(N2c3ccc(C(C)(C)C)cc3B3c4sc5ccc(C(C)(C)C)cc5c4N(c4ccc5c(c4)CC5)c4cc(-c5ccccc5)cc2c43)cc1. The summed E-state index contributed by atoms with van der Waals surface area (Å²) in [5.74, 6) is 0. The van der Waals surface area contributed by atoms with E-state index in [0.717, 1.165) is 6.42 Å². The van der Waals surface area contributed by atoms with E-state index in [-0.39, 0.29) is 23.0 Å². The third-order valence-electron chi connectivity index (χ3n) is 12.6. The fourth-order valence-electron chi connectivity index (χ4n) is 9.19. The molecule has 0 atom stereocenters. The highest BCUT2D eigenvalue weighted by molar-refractivity contribution is 7.33. The van der Waals surface area contributed by atoms with Crippen LogP contribution in [0, 0.1) is 0 Å². The average molecular weight is 747 g/mol. The van der Waals surface area contributed by atoms with Crippen molar-refractivity contribution in [2.45, 2.75) is 91.4 Å². The van der Waals surface area contributed by atoms with E-state index < -0.39 is 0 Å². The van der Waals surface area contributed by atoms with Crippen molar-refractivity contribution in [3.05, 3.63) is 149 Å². The molecule has 56 heavy (non-hydrogen) atoms. The lowest BCUT2D eigenvalue weighted by molar-refractivity contribution is 0.590. The molecule has 0 bridgehead atoms.